The zero-order valence-corrected chi connectivity index (χ0v) is 11.6. The number of carbonyl (C=O) groups is 1. The minimum atomic E-state index is -0.454. The van der Waals surface area contributed by atoms with Gasteiger partial charge in [-0.2, -0.15) is 0 Å². The number of amides is 1. The first-order valence-corrected chi connectivity index (χ1v) is 6.35. The fourth-order valence-corrected chi connectivity index (χ4v) is 1.49. The average molecular weight is 268 g/mol. The van der Waals surface area contributed by atoms with E-state index in [0.717, 1.165) is 5.56 Å². The lowest BCUT2D eigenvalue weighted by Crippen LogP contribution is -2.31. The lowest BCUT2D eigenvalue weighted by molar-refractivity contribution is -0.123. The Morgan fingerprint density at radius 3 is 2.74 bits per heavy atom. The van der Waals surface area contributed by atoms with E-state index in [-0.39, 0.29) is 18.3 Å². The molecule has 1 amide bonds. The van der Waals surface area contributed by atoms with E-state index in [4.69, 9.17) is 4.74 Å². The third-order valence-corrected chi connectivity index (χ3v) is 2.44. The van der Waals surface area contributed by atoms with Crippen LogP contribution in [0.15, 0.2) is 18.2 Å². The molecule has 106 valence electrons. The predicted octanol–water partition coefficient (Wildman–Crippen LogP) is 1.70. The standard InChI is InChI=1S/C14H21FN2O2/c1-10(2)7-17-14(18)9-19-13-5-4-11(8-16-3)6-12(13)15/h4-6,10,16H,7-9H2,1-3H3,(H,17,18). The summed E-state index contributed by atoms with van der Waals surface area (Å²) in [5, 5.41) is 5.64. The summed E-state index contributed by atoms with van der Waals surface area (Å²) in [6.45, 7) is 5.01. The largest absolute Gasteiger partial charge is 0.481 e. The van der Waals surface area contributed by atoms with Crippen molar-refractivity contribution in [3.63, 3.8) is 0 Å². The second-order valence-electron chi connectivity index (χ2n) is 4.78. The second-order valence-corrected chi connectivity index (χ2v) is 4.78. The van der Waals surface area contributed by atoms with Gasteiger partial charge in [-0.3, -0.25) is 4.79 Å². The van der Waals surface area contributed by atoms with Crippen LogP contribution in [0, 0.1) is 11.7 Å². The first-order valence-electron chi connectivity index (χ1n) is 6.35. The highest BCUT2D eigenvalue weighted by Crippen LogP contribution is 2.18. The summed E-state index contributed by atoms with van der Waals surface area (Å²) >= 11 is 0. The summed E-state index contributed by atoms with van der Waals surface area (Å²) < 4.78 is 18.8. The Kier molecular flexibility index (Phi) is 6.29. The molecule has 1 rings (SSSR count). The number of ether oxygens (including phenoxy) is 1. The molecule has 0 atom stereocenters. The minimum absolute atomic E-state index is 0.0968. The van der Waals surface area contributed by atoms with Gasteiger partial charge in [0, 0.05) is 13.1 Å². The molecule has 1 aromatic carbocycles. The molecule has 0 aliphatic carbocycles. The lowest BCUT2D eigenvalue weighted by atomic mass is 10.2. The van der Waals surface area contributed by atoms with Crippen LogP contribution < -0.4 is 15.4 Å². The first kappa shape index (κ1) is 15.4. The van der Waals surface area contributed by atoms with Gasteiger partial charge in [-0.25, -0.2) is 4.39 Å². The molecule has 1 aromatic rings. The van der Waals surface area contributed by atoms with Gasteiger partial charge in [-0.1, -0.05) is 19.9 Å². The molecule has 19 heavy (non-hydrogen) atoms. The molecule has 0 aromatic heterocycles. The predicted molar refractivity (Wildman–Crippen MR) is 72.5 cm³/mol. The summed E-state index contributed by atoms with van der Waals surface area (Å²) in [4.78, 5) is 11.4. The van der Waals surface area contributed by atoms with Crippen LogP contribution in [0.25, 0.3) is 0 Å². The van der Waals surface area contributed by atoms with Crippen molar-refractivity contribution in [3.05, 3.63) is 29.6 Å². The summed E-state index contributed by atoms with van der Waals surface area (Å²) in [5.74, 6) is -0.224. The number of halogens is 1. The molecule has 0 fully saturated rings. The third kappa shape index (κ3) is 5.70. The van der Waals surface area contributed by atoms with Gasteiger partial charge in [-0.05, 0) is 30.7 Å². The van der Waals surface area contributed by atoms with Gasteiger partial charge in [0.05, 0.1) is 0 Å². The topological polar surface area (TPSA) is 50.4 Å². The zero-order chi connectivity index (χ0) is 14.3. The summed E-state index contributed by atoms with van der Waals surface area (Å²) in [7, 11) is 1.79. The first-order chi connectivity index (χ1) is 9.02. The molecule has 0 saturated heterocycles. The van der Waals surface area contributed by atoms with E-state index < -0.39 is 5.82 Å². The Labute approximate surface area is 113 Å². The average Bonchev–Trinajstić information content (AvgIpc) is 2.35. The highest BCUT2D eigenvalue weighted by Gasteiger charge is 2.08. The second kappa shape index (κ2) is 7.74. The Balaban J connectivity index is 2.47. The molecule has 2 N–H and O–H groups in total. The number of hydrogen-bond acceptors (Lipinski definition) is 3. The molecule has 0 saturated carbocycles. The van der Waals surface area contributed by atoms with Crippen molar-refractivity contribution < 1.29 is 13.9 Å². The van der Waals surface area contributed by atoms with Crippen LogP contribution in [0.4, 0.5) is 4.39 Å². The molecule has 4 nitrogen and oxygen atoms in total. The maximum atomic E-state index is 13.7. The van der Waals surface area contributed by atoms with Crippen molar-refractivity contribution in [2.24, 2.45) is 5.92 Å². The third-order valence-electron chi connectivity index (χ3n) is 2.44. The summed E-state index contributed by atoms with van der Waals surface area (Å²) in [6.07, 6.45) is 0. The van der Waals surface area contributed by atoms with Gasteiger partial charge in [0.1, 0.15) is 0 Å². The van der Waals surface area contributed by atoms with E-state index in [9.17, 15) is 9.18 Å². The number of benzene rings is 1. The highest BCUT2D eigenvalue weighted by atomic mass is 19.1. The SMILES string of the molecule is CNCc1ccc(OCC(=O)NCC(C)C)c(F)c1. The van der Waals surface area contributed by atoms with Crippen LogP contribution >= 0.6 is 0 Å². The van der Waals surface area contributed by atoms with Gasteiger partial charge < -0.3 is 15.4 Å². The van der Waals surface area contributed by atoms with Crippen molar-refractivity contribution in [1.82, 2.24) is 10.6 Å². The van der Waals surface area contributed by atoms with Crippen molar-refractivity contribution in [3.8, 4) is 5.75 Å². The van der Waals surface area contributed by atoms with E-state index in [1.54, 1.807) is 13.1 Å². The monoisotopic (exact) mass is 268 g/mol. The smallest absolute Gasteiger partial charge is 0.257 e. The highest BCUT2D eigenvalue weighted by molar-refractivity contribution is 5.77. The maximum Gasteiger partial charge on any atom is 0.257 e. The van der Waals surface area contributed by atoms with Crippen molar-refractivity contribution in [2.45, 2.75) is 20.4 Å². The van der Waals surface area contributed by atoms with Gasteiger partial charge in [0.25, 0.3) is 5.91 Å². The van der Waals surface area contributed by atoms with Gasteiger partial charge >= 0.3 is 0 Å². The Bertz CT molecular complexity index is 422. The molecule has 0 bridgehead atoms. The lowest BCUT2D eigenvalue weighted by Gasteiger charge is -2.10. The summed E-state index contributed by atoms with van der Waals surface area (Å²) in [6, 6.07) is 4.70. The zero-order valence-electron chi connectivity index (χ0n) is 11.6. The van der Waals surface area contributed by atoms with Crippen molar-refractivity contribution in [1.29, 1.82) is 0 Å². The maximum absolute atomic E-state index is 13.7. The molecule has 0 spiro atoms. The Hall–Kier alpha value is -1.62. The van der Waals surface area contributed by atoms with Crippen LogP contribution in [0.5, 0.6) is 5.75 Å². The van der Waals surface area contributed by atoms with Gasteiger partial charge in [0.2, 0.25) is 0 Å². The molecule has 0 aliphatic heterocycles. The Morgan fingerprint density at radius 2 is 2.16 bits per heavy atom. The van der Waals surface area contributed by atoms with Crippen LogP contribution in [-0.2, 0) is 11.3 Å². The number of rotatable bonds is 7. The molecular weight excluding hydrogens is 247 g/mol. The molecule has 0 radical (unpaired) electrons. The molecule has 0 aliphatic rings. The molecule has 0 heterocycles. The summed E-state index contributed by atoms with van der Waals surface area (Å²) in [5.41, 5.74) is 0.830. The fourth-order valence-electron chi connectivity index (χ4n) is 1.49. The van der Waals surface area contributed by atoms with Crippen LogP contribution in [-0.4, -0.2) is 26.1 Å². The molecule has 5 heteroatoms. The minimum Gasteiger partial charge on any atom is -0.481 e. The van der Waals surface area contributed by atoms with E-state index >= 15 is 0 Å². The van der Waals surface area contributed by atoms with Crippen LogP contribution in [0.1, 0.15) is 19.4 Å². The van der Waals surface area contributed by atoms with Crippen molar-refractivity contribution in [2.75, 3.05) is 20.2 Å². The van der Waals surface area contributed by atoms with Crippen LogP contribution in [0.3, 0.4) is 0 Å². The van der Waals surface area contributed by atoms with Gasteiger partial charge in [0.15, 0.2) is 18.2 Å². The fraction of sp³-hybridized carbons (Fsp3) is 0.500. The quantitative estimate of drug-likeness (QED) is 0.791. The van der Waals surface area contributed by atoms with E-state index in [1.165, 1.54) is 12.1 Å². The van der Waals surface area contributed by atoms with Gasteiger partial charge in [-0.15, -0.1) is 0 Å². The van der Waals surface area contributed by atoms with E-state index in [1.807, 2.05) is 13.8 Å². The van der Waals surface area contributed by atoms with E-state index in [2.05, 4.69) is 10.6 Å². The Morgan fingerprint density at radius 1 is 1.42 bits per heavy atom. The molecule has 0 unspecified atom stereocenters. The number of nitrogens with one attached hydrogen (secondary N) is 2. The van der Waals surface area contributed by atoms with E-state index in [0.29, 0.717) is 19.0 Å². The number of carbonyl (C=O) groups excluding carboxylic acids is 1. The van der Waals surface area contributed by atoms with Crippen molar-refractivity contribution >= 4 is 5.91 Å². The normalized spacial score (nSPS) is 10.6. The van der Waals surface area contributed by atoms with Crippen LogP contribution in [0.2, 0.25) is 0 Å². The number of hydrogen-bond donors (Lipinski definition) is 2. The molecular formula is C14H21FN2O2.